The van der Waals surface area contributed by atoms with E-state index in [0.717, 1.165) is 0 Å². The number of aliphatic hydroxyl groups is 1. The van der Waals surface area contributed by atoms with E-state index in [1.807, 2.05) is 13.0 Å². The fraction of sp³-hybridized carbons (Fsp3) is 0.382. The van der Waals surface area contributed by atoms with Crippen LogP contribution in [0.3, 0.4) is 0 Å². The van der Waals surface area contributed by atoms with E-state index in [1.165, 1.54) is 28.1 Å². The highest BCUT2D eigenvalue weighted by Crippen LogP contribution is 2.46. The summed E-state index contributed by atoms with van der Waals surface area (Å²) in [5.41, 5.74) is 1.56. The summed E-state index contributed by atoms with van der Waals surface area (Å²) >= 11 is 0. The number of likely N-dealkylation sites (N-methyl/N-ethyl adjacent to an activating group) is 1. The van der Waals surface area contributed by atoms with Gasteiger partial charge in [-0.05, 0) is 55.3 Å². The number of amides is 2. The first-order valence-electron chi connectivity index (χ1n) is 15.4. The number of aliphatic hydroxyl groups excluding tert-OH is 1. The van der Waals surface area contributed by atoms with E-state index < -0.39 is 31.4 Å². The fourth-order valence-electron chi connectivity index (χ4n) is 6.06. The Morgan fingerprint density at radius 3 is 2.62 bits per heavy atom. The number of rotatable bonds is 14. The second-order valence-corrected chi connectivity index (χ2v) is 14.0. The third-order valence-electron chi connectivity index (χ3n) is 8.15. The van der Waals surface area contributed by atoms with Crippen molar-refractivity contribution in [1.29, 1.82) is 0 Å². The SMILES string of the molecule is COC[C@H](C)NP(=O)(COC(C)CN(C)C(=O)C1C2=C(C(=O)N(Cc3ccc(F)cc3)C2)C(O)=C2N=CC=CC21)Oc1ccccc1. The quantitative estimate of drug-likeness (QED) is 0.274. The van der Waals surface area contributed by atoms with Crippen molar-refractivity contribution in [3.63, 3.8) is 0 Å². The number of hydrogen-bond acceptors (Lipinski definition) is 8. The Kier molecular flexibility index (Phi) is 10.8. The number of benzene rings is 2. The van der Waals surface area contributed by atoms with Gasteiger partial charge < -0.3 is 28.9 Å². The lowest BCUT2D eigenvalue weighted by atomic mass is 9.75. The summed E-state index contributed by atoms with van der Waals surface area (Å²) in [5.74, 6) is -2.26. The van der Waals surface area contributed by atoms with Gasteiger partial charge in [0.2, 0.25) is 5.91 Å². The number of dihydropyridines is 1. The largest absolute Gasteiger partial charge is 0.505 e. The van der Waals surface area contributed by atoms with Gasteiger partial charge in [0, 0.05) is 52.0 Å². The lowest BCUT2D eigenvalue weighted by Gasteiger charge is -2.34. The van der Waals surface area contributed by atoms with Crippen LogP contribution in [0.15, 0.2) is 94.3 Å². The van der Waals surface area contributed by atoms with Gasteiger partial charge in [0.1, 0.15) is 23.7 Å². The van der Waals surface area contributed by atoms with Gasteiger partial charge >= 0.3 is 7.52 Å². The first-order chi connectivity index (χ1) is 22.5. The first-order valence-corrected chi connectivity index (χ1v) is 17.2. The van der Waals surface area contributed by atoms with E-state index >= 15 is 0 Å². The maximum absolute atomic E-state index is 14.2. The van der Waals surface area contributed by atoms with Crippen LogP contribution in [0.4, 0.5) is 4.39 Å². The molecule has 47 heavy (non-hydrogen) atoms. The number of carbonyl (C=O) groups excluding carboxylic acids is 2. The Hall–Kier alpha value is -4.09. The van der Waals surface area contributed by atoms with E-state index in [-0.39, 0.29) is 60.8 Å². The van der Waals surface area contributed by atoms with Gasteiger partial charge in [-0.15, -0.1) is 0 Å². The van der Waals surface area contributed by atoms with E-state index in [1.54, 1.807) is 69.6 Å². The van der Waals surface area contributed by atoms with Crippen LogP contribution in [0.5, 0.6) is 5.75 Å². The molecule has 0 aromatic heterocycles. The Labute approximate surface area is 273 Å². The summed E-state index contributed by atoms with van der Waals surface area (Å²) in [6.45, 7) is 4.36. The number of para-hydroxylation sites is 1. The van der Waals surface area contributed by atoms with Crippen molar-refractivity contribution in [2.24, 2.45) is 16.8 Å². The van der Waals surface area contributed by atoms with Crippen LogP contribution in [0, 0.1) is 17.7 Å². The molecule has 0 bridgehead atoms. The minimum absolute atomic E-state index is 0.0807. The number of carbonyl (C=O) groups is 2. The van der Waals surface area contributed by atoms with Crippen molar-refractivity contribution in [2.45, 2.75) is 32.5 Å². The van der Waals surface area contributed by atoms with Crippen LogP contribution in [0.2, 0.25) is 0 Å². The van der Waals surface area contributed by atoms with Crippen molar-refractivity contribution in [2.75, 3.05) is 40.2 Å². The molecule has 2 aliphatic heterocycles. The zero-order chi connectivity index (χ0) is 33.7. The van der Waals surface area contributed by atoms with Gasteiger partial charge in [-0.25, -0.2) is 9.48 Å². The lowest BCUT2D eigenvalue weighted by molar-refractivity contribution is -0.135. The zero-order valence-corrected chi connectivity index (χ0v) is 27.7. The van der Waals surface area contributed by atoms with Crippen LogP contribution in [0.1, 0.15) is 19.4 Å². The standard InChI is InChI=1S/C34H40FN4O7P/c1-22(20-44-4)37-47(43,46-26-9-6-5-7-10-26)21-45-23(2)17-38(3)33(41)29-27-11-8-16-36-31(27)32(40)30-28(29)19-39(34(30)42)18-24-12-14-25(35)15-13-24/h5-16,22-23,27,29,40H,17-21H2,1-4H3,(H,37,43)/t22-,23?,27?,29?,47?/m0/s1. The molecule has 2 aromatic carbocycles. The highest BCUT2D eigenvalue weighted by molar-refractivity contribution is 7.57. The molecule has 2 aromatic rings. The van der Waals surface area contributed by atoms with Crippen LogP contribution in [-0.4, -0.2) is 85.3 Å². The number of fused-ring (bicyclic) bond motifs is 1. The van der Waals surface area contributed by atoms with Crippen LogP contribution >= 0.6 is 7.52 Å². The molecule has 11 nitrogen and oxygen atoms in total. The van der Waals surface area contributed by atoms with E-state index in [2.05, 4.69) is 10.1 Å². The molecule has 5 atom stereocenters. The summed E-state index contributed by atoms with van der Waals surface area (Å²) in [6, 6.07) is 14.4. The first kappa shape index (κ1) is 34.3. The number of aliphatic imine (C=N–C) groups is 1. The molecular formula is C34H40FN4O7P. The molecule has 5 rings (SSSR count). The predicted octanol–water partition coefficient (Wildman–Crippen LogP) is 4.84. The fourth-order valence-corrected chi connectivity index (χ4v) is 7.90. The topological polar surface area (TPSA) is 130 Å². The highest BCUT2D eigenvalue weighted by Gasteiger charge is 2.48. The second-order valence-electron chi connectivity index (χ2n) is 12.0. The molecule has 2 heterocycles. The van der Waals surface area contributed by atoms with E-state index in [0.29, 0.717) is 23.5 Å². The molecule has 0 fully saturated rings. The molecule has 0 spiro atoms. The van der Waals surface area contributed by atoms with Crippen molar-refractivity contribution in [3.05, 3.63) is 101 Å². The summed E-state index contributed by atoms with van der Waals surface area (Å²) in [7, 11) is -0.353. The number of hydrogen-bond donors (Lipinski definition) is 2. The third-order valence-corrected chi connectivity index (χ3v) is 9.98. The minimum atomic E-state index is -3.55. The summed E-state index contributed by atoms with van der Waals surface area (Å²) in [4.78, 5) is 35.1. The van der Waals surface area contributed by atoms with Crippen LogP contribution in [0.25, 0.3) is 0 Å². The number of nitrogens with one attached hydrogen (secondary N) is 1. The summed E-state index contributed by atoms with van der Waals surface area (Å²) in [5, 5.41) is 14.2. The van der Waals surface area contributed by atoms with E-state index in [4.69, 9.17) is 14.0 Å². The molecule has 0 saturated carbocycles. The molecule has 2 amide bonds. The smallest absolute Gasteiger partial charge is 0.342 e. The molecule has 1 aliphatic carbocycles. The van der Waals surface area contributed by atoms with Gasteiger partial charge in [0.25, 0.3) is 5.91 Å². The molecule has 13 heteroatoms. The average Bonchev–Trinajstić information content (AvgIpc) is 3.36. The summed E-state index contributed by atoms with van der Waals surface area (Å²) in [6.07, 6.45) is 4.23. The average molecular weight is 667 g/mol. The minimum Gasteiger partial charge on any atom is -0.505 e. The number of methoxy groups -OCH3 is 1. The van der Waals surface area contributed by atoms with Crippen molar-refractivity contribution in [3.8, 4) is 5.75 Å². The van der Waals surface area contributed by atoms with Crippen LogP contribution < -0.4 is 9.61 Å². The monoisotopic (exact) mass is 666 g/mol. The molecular weight excluding hydrogens is 626 g/mol. The number of halogens is 1. The maximum Gasteiger partial charge on any atom is 0.342 e. The predicted molar refractivity (Wildman–Crippen MR) is 175 cm³/mol. The van der Waals surface area contributed by atoms with Gasteiger partial charge in [-0.2, -0.15) is 0 Å². The molecule has 0 saturated heterocycles. The number of ether oxygens (including phenoxy) is 2. The molecule has 0 radical (unpaired) electrons. The normalized spacial score (nSPS) is 21.3. The zero-order valence-electron chi connectivity index (χ0n) is 26.8. The third kappa shape index (κ3) is 7.90. The number of nitrogens with zero attached hydrogens (tertiary/aromatic N) is 3. The van der Waals surface area contributed by atoms with Crippen molar-refractivity contribution >= 4 is 25.5 Å². The number of allylic oxidation sites excluding steroid dienone is 2. The molecule has 250 valence electrons. The molecule has 3 aliphatic rings. The maximum atomic E-state index is 14.2. The van der Waals surface area contributed by atoms with E-state index in [9.17, 15) is 23.7 Å². The van der Waals surface area contributed by atoms with Gasteiger partial charge in [-0.1, -0.05) is 36.4 Å². The van der Waals surface area contributed by atoms with Gasteiger partial charge in [0.05, 0.1) is 29.9 Å². The van der Waals surface area contributed by atoms with Gasteiger partial charge in [-0.3, -0.25) is 19.1 Å². The summed E-state index contributed by atoms with van der Waals surface area (Å²) < 4.78 is 44.4. The highest BCUT2D eigenvalue weighted by atomic mass is 31.2. The van der Waals surface area contributed by atoms with Crippen molar-refractivity contribution < 1.29 is 37.6 Å². The van der Waals surface area contributed by atoms with Crippen molar-refractivity contribution in [1.82, 2.24) is 14.9 Å². The Morgan fingerprint density at radius 2 is 1.91 bits per heavy atom. The Bertz CT molecular complexity index is 1640. The molecule has 4 unspecified atom stereocenters. The Balaban J connectivity index is 1.30. The second kappa shape index (κ2) is 14.8. The Morgan fingerprint density at radius 1 is 1.19 bits per heavy atom. The van der Waals surface area contributed by atoms with Gasteiger partial charge in [0.15, 0.2) is 0 Å². The molecule has 2 N–H and O–H groups in total. The van der Waals surface area contributed by atoms with Crippen LogP contribution in [-0.2, 0) is 30.2 Å². The lowest BCUT2D eigenvalue weighted by Crippen LogP contribution is -2.43.